The highest BCUT2D eigenvalue weighted by molar-refractivity contribution is 5.78. The first-order valence-corrected chi connectivity index (χ1v) is 8.73. The Labute approximate surface area is 145 Å². The summed E-state index contributed by atoms with van der Waals surface area (Å²) in [6.07, 6.45) is 0. The van der Waals surface area contributed by atoms with Gasteiger partial charge in [0.15, 0.2) is 0 Å². The molecule has 1 aliphatic rings. The van der Waals surface area contributed by atoms with Crippen LogP contribution in [0.5, 0.6) is 0 Å². The van der Waals surface area contributed by atoms with Crippen molar-refractivity contribution in [2.24, 2.45) is 0 Å². The van der Waals surface area contributed by atoms with Gasteiger partial charge >= 0.3 is 0 Å². The van der Waals surface area contributed by atoms with Crippen LogP contribution in [0.2, 0.25) is 0 Å². The van der Waals surface area contributed by atoms with Crippen molar-refractivity contribution in [2.45, 2.75) is 20.8 Å². The molecule has 7 nitrogen and oxygen atoms in total. The number of rotatable bonds is 6. The Morgan fingerprint density at radius 3 is 1.21 bits per heavy atom. The van der Waals surface area contributed by atoms with E-state index in [9.17, 15) is 14.4 Å². The average molecular weight is 340 g/mol. The molecule has 1 saturated heterocycles. The third-order valence-corrected chi connectivity index (χ3v) is 4.01. The van der Waals surface area contributed by atoms with Crippen LogP contribution in [0.15, 0.2) is 0 Å². The Morgan fingerprint density at radius 2 is 0.917 bits per heavy atom. The predicted octanol–water partition coefficient (Wildman–Crippen LogP) is -0.737. The highest BCUT2D eigenvalue weighted by Gasteiger charge is 2.16. The van der Waals surface area contributed by atoms with E-state index in [0.29, 0.717) is 19.6 Å². The Bertz CT molecular complexity index is 398. The van der Waals surface area contributed by atoms with Crippen molar-refractivity contribution in [1.29, 1.82) is 0 Å². The molecule has 1 heterocycles. The summed E-state index contributed by atoms with van der Waals surface area (Å²) in [5, 5.41) is 3.38. The lowest BCUT2D eigenvalue weighted by molar-refractivity contribution is -0.120. The van der Waals surface area contributed by atoms with E-state index in [0.717, 1.165) is 52.4 Å². The zero-order valence-corrected chi connectivity index (χ0v) is 15.3. The summed E-state index contributed by atoms with van der Waals surface area (Å²) in [7, 11) is 0. The van der Waals surface area contributed by atoms with Gasteiger partial charge in [-0.25, -0.2) is 0 Å². The van der Waals surface area contributed by atoms with Gasteiger partial charge in [0.25, 0.3) is 0 Å². The Hall–Kier alpha value is -1.15. The molecule has 24 heavy (non-hydrogen) atoms. The number of carbonyl (C=O) groups is 3. The van der Waals surface area contributed by atoms with E-state index in [2.05, 4.69) is 20.0 Å². The third kappa shape index (κ3) is 9.87. The van der Waals surface area contributed by atoms with Crippen LogP contribution < -0.4 is 5.32 Å². The van der Waals surface area contributed by atoms with E-state index >= 15 is 0 Å². The lowest BCUT2D eigenvalue weighted by Crippen LogP contribution is -2.47. The summed E-state index contributed by atoms with van der Waals surface area (Å²) in [6.45, 7) is 12.4. The molecule has 0 aromatic rings. The summed E-state index contributed by atoms with van der Waals surface area (Å²) in [6, 6.07) is 0. The fourth-order valence-corrected chi connectivity index (χ4v) is 2.92. The van der Waals surface area contributed by atoms with Gasteiger partial charge in [0, 0.05) is 52.4 Å². The molecule has 0 aliphatic carbocycles. The van der Waals surface area contributed by atoms with Crippen molar-refractivity contribution in [3.8, 4) is 0 Å². The second-order valence-electron chi connectivity index (χ2n) is 6.68. The topological polar surface area (TPSA) is 73.0 Å². The number of ketones is 3. The summed E-state index contributed by atoms with van der Waals surface area (Å²) < 4.78 is 0. The first-order chi connectivity index (χ1) is 11.4. The van der Waals surface area contributed by atoms with Crippen LogP contribution in [0.4, 0.5) is 0 Å². The summed E-state index contributed by atoms with van der Waals surface area (Å²) in [5.41, 5.74) is 0. The van der Waals surface area contributed by atoms with Crippen LogP contribution in [0.3, 0.4) is 0 Å². The predicted molar refractivity (Wildman–Crippen MR) is 94.2 cm³/mol. The van der Waals surface area contributed by atoms with Crippen molar-refractivity contribution in [3.63, 3.8) is 0 Å². The number of carbonyl (C=O) groups excluding carboxylic acids is 3. The largest absolute Gasteiger partial charge is 0.314 e. The van der Waals surface area contributed by atoms with Gasteiger partial charge in [-0.2, -0.15) is 0 Å². The second-order valence-corrected chi connectivity index (χ2v) is 6.68. The minimum atomic E-state index is 0.139. The SMILES string of the molecule is CC(=O)CN1CCNCCN(CC(C)=O)CCN(CC(C)=O)CC1. The highest BCUT2D eigenvalue weighted by Crippen LogP contribution is 1.98. The fourth-order valence-electron chi connectivity index (χ4n) is 2.92. The van der Waals surface area contributed by atoms with Gasteiger partial charge in [-0.3, -0.25) is 29.1 Å². The van der Waals surface area contributed by atoms with E-state index in [1.54, 1.807) is 20.8 Å². The van der Waals surface area contributed by atoms with Crippen molar-refractivity contribution in [1.82, 2.24) is 20.0 Å². The van der Waals surface area contributed by atoms with Crippen molar-refractivity contribution in [3.05, 3.63) is 0 Å². The lowest BCUT2D eigenvalue weighted by Gasteiger charge is -2.30. The quantitative estimate of drug-likeness (QED) is 0.683. The van der Waals surface area contributed by atoms with Gasteiger partial charge in [0.05, 0.1) is 19.6 Å². The molecule has 1 rings (SSSR count). The molecule has 0 aromatic heterocycles. The molecular formula is C17H32N4O3. The molecule has 1 N–H and O–H groups in total. The average Bonchev–Trinajstić information content (AvgIpc) is 2.45. The molecule has 0 aromatic carbocycles. The number of nitrogens with one attached hydrogen (secondary N) is 1. The zero-order chi connectivity index (χ0) is 17.9. The number of hydrogen-bond acceptors (Lipinski definition) is 7. The van der Waals surface area contributed by atoms with E-state index in [4.69, 9.17) is 0 Å². The molecule has 0 unspecified atom stereocenters. The monoisotopic (exact) mass is 340 g/mol. The maximum atomic E-state index is 11.5. The van der Waals surface area contributed by atoms with Gasteiger partial charge in [-0.1, -0.05) is 0 Å². The van der Waals surface area contributed by atoms with E-state index < -0.39 is 0 Å². The van der Waals surface area contributed by atoms with Gasteiger partial charge in [-0.15, -0.1) is 0 Å². The van der Waals surface area contributed by atoms with Crippen LogP contribution in [0.25, 0.3) is 0 Å². The Kier molecular flexibility index (Phi) is 9.94. The molecule has 0 saturated carbocycles. The molecule has 0 atom stereocenters. The van der Waals surface area contributed by atoms with Crippen LogP contribution in [-0.2, 0) is 14.4 Å². The standard InChI is InChI=1S/C17H32N4O3/c1-15(22)12-19-6-4-18-5-7-20(13-16(2)23)9-11-21(10-8-19)14-17(3)24/h18H,4-14H2,1-3H3. The Morgan fingerprint density at radius 1 is 0.625 bits per heavy atom. The van der Waals surface area contributed by atoms with Crippen molar-refractivity contribution < 1.29 is 14.4 Å². The maximum absolute atomic E-state index is 11.5. The molecule has 138 valence electrons. The minimum absolute atomic E-state index is 0.139. The summed E-state index contributed by atoms with van der Waals surface area (Å²) >= 11 is 0. The van der Waals surface area contributed by atoms with Crippen LogP contribution in [0.1, 0.15) is 20.8 Å². The van der Waals surface area contributed by atoms with Crippen molar-refractivity contribution >= 4 is 17.3 Å². The molecule has 0 amide bonds. The van der Waals surface area contributed by atoms with E-state index in [-0.39, 0.29) is 17.3 Å². The number of nitrogens with zero attached hydrogens (tertiary/aromatic N) is 3. The second kappa shape index (κ2) is 11.4. The summed E-state index contributed by atoms with van der Waals surface area (Å²) in [4.78, 5) is 40.8. The number of Topliss-reactive ketones (excluding diaryl/α,β-unsaturated/α-hetero) is 3. The molecule has 7 heteroatoms. The Balaban J connectivity index is 2.68. The lowest BCUT2D eigenvalue weighted by atomic mass is 10.3. The van der Waals surface area contributed by atoms with Gasteiger partial charge < -0.3 is 5.32 Å². The highest BCUT2D eigenvalue weighted by atomic mass is 16.1. The number of hydrogen-bond donors (Lipinski definition) is 1. The maximum Gasteiger partial charge on any atom is 0.143 e. The molecule has 1 fully saturated rings. The van der Waals surface area contributed by atoms with Gasteiger partial charge in [0.1, 0.15) is 17.3 Å². The van der Waals surface area contributed by atoms with Crippen LogP contribution in [-0.4, -0.2) is 104 Å². The first-order valence-electron chi connectivity index (χ1n) is 8.73. The zero-order valence-electron chi connectivity index (χ0n) is 15.3. The fraction of sp³-hybridized carbons (Fsp3) is 0.824. The van der Waals surface area contributed by atoms with Crippen LogP contribution in [0, 0.1) is 0 Å². The minimum Gasteiger partial charge on any atom is -0.314 e. The molecule has 0 radical (unpaired) electrons. The van der Waals surface area contributed by atoms with E-state index in [1.165, 1.54) is 0 Å². The first kappa shape index (κ1) is 20.9. The third-order valence-electron chi connectivity index (χ3n) is 4.01. The molecular weight excluding hydrogens is 308 g/mol. The molecule has 0 spiro atoms. The molecule has 0 bridgehead atoms. The smallest absolute Gasteiger partial charge is 0.143 e. The summed E-state index contributed by atoms with van der Waals surface area (Å²) in [5.74, 6) is 0.459. The normalized spacial score (nSPS) is 20.1. The molecule has 1 aliphatic heterocycles. The van der Waals surface area contributed by atoms with Gasteiger partial charge in [-0.05, 0) is 20.8 Å². The van der Waals surface area contributed by atoms with E-state index in [1.807, 2.05) is 0 Å². The van der Waals surface area contributed by atoms with Crippen molar-refractivity contribution in [2.75, 3.05) is 72.0 Å². The van der Waals surface area contributed by atoms with Gasteiger partial charge in [0.2, 0.25) is 0 Å². The van der Waals surface area contributed by atoms with Crippen LogP contribution >= 0.6 is 0 Å².